The standard InChI is InChI=1S/C11H14N2O4/c1-16-8-2-3-10(13(14)15)11(6-8)17-9-4-5-12-7-9/h2-3,6,9,12H,4-5,7H2,1H3/t9-/m0/s1. The van der Waals surface area contributed by atoms with Crippen LogP contribution in [0.5, 0.6) is 11.5 Å². The largest absolute Gasteiger partial charge is 0.497 e. The molecule has 0 spiro atoms. The summed E-state index contributed by atoms with van der Waals surface area (Å²) < 4.78 is 10.7. The molecule has 0 saturated carbocycles. The van der Waals surface area contributed by atoms with Crippen LogP contribution in [0.25, 0.3) is 0 Å². The zero-order valence-electron chi connectivity index (χ0n) is 9.51. The van der Waals surface area contributed by atoms with Gasteiger partial charge in [0.05, 0.1) is 12.0 Å². The predicted molar refractivity (Wildman–Crippen MR) is 61.6 cm³/mol. The highest BCUT2D eigenvalue weighted by Gasteiger charge is 2.22. The highest BCUT2D eigenvalue weighted by molar-refractivity contribution is 5.50. The molecule has 1 aromatic rings. The number of methoxy groups -OCH3 is 1. The van der Waals surface area contributed by atoms with E-state index in [4.69, 9.17) is 9.47 Å². The Bertz CT molecular complexity index is 416. The first-order chi connectivity index (χ1) is 8.20. The van der Waals surface area contributed by atoms with E-state index in [9.17, 15) is 10.1 Å². The quantitative estimate of drug-likeness (QED) is 0.633. The molecule has 0 amide bonds. The number of benzene rings is 1. The summed E-state index contributed by atoms with van der Waals surface area (Å²) in [7, 11) is 1.52. The fourth-order valence-electron chi connectivity index (χ4n) is 1.77. The summed E-state index contributed by atoms with van der Waals surface area (Å²) in [5.74, 6) is 0.819. The van der Waals surface area contributed by atoms with Gasteiger partial charge < -0.3 is 14.8 Å². The van der Waals surface area contributed by atoms with Crippen molar-refractivity contribution in [1.82, 2.24) is 5.32 Å². The molecule has 92 valence electrons. The van der Waals surface area contributed by atoms with Crippen LogP contribution in [-0.4, -0.2) is 31.2 Å². The third-order valence-corrected chi connectivity index (χ3v) is 2.67. The minimum Gasteiger partial charge on any atom is -0.497 e. The van der Waals surface area contributed by atoms with Crippen LogP contribution in [0.1, 0.15) is 6.42 Å². The van der Waals surface area contributed by atoms with Gasteiger partial charge in [-0.25, -0.2) is 0 Å². The summed E-state index contributed by atoms with van der Waals surface area (Å²) in [6, 6.07) is 4.50. The summed E-state index contributed by atoms with van der Waals surface area (Å²) >= 11 is 0. The van der Waals surface area contributed by atoms with Crippen LogP contribution in [0.15, 0.2) is 18.2 Å². The number of rotatable bonds is 4. The predicted octanol–water partition coefficient (Wildman–Crippen LogP) is 1.34. The molecule has 1 saturated heterocycles. The van der Waals surface area contributed by atoms with E-state index >= 15 is 0 Å². The van der Waals surface area contributed by atoms with Crippen LogP contribution in [0.2, 0.25) is 0 Å². The molecule has 0 radical (unpaired) electrons. The fraction of sp³-hybridized carbons (Fsp3) is 0.455. The molecular formula is C11H14N2O4. The van der Waals surface area contributed by atoms with Crippen molar-refractivity contribution in [3.63, 3.8) is 0 Å². The molecule has 0 bridgehead atoms. The third kappa shape index (κ3) is 2.65. The average Bonchev–Trinajstić information content (AvgIpc) is 2.81. The van der Waals surface area contributed by atoms with E-state index in [1.165, 1.54) is 13.2 Å². The molecule has 0 unspecified atom stereocenters. The van der Waals surface area contributed by atoms with E-state index < -0.39 is 4.92 Å². The number of ether oxygens (including phenoxy) is 2. The second-order valence-corrected chi connectivity index (χ2v) is 3.82. The van der Waals surface area contributed by atoms with Crippen LogP contribution in [0.4, 0.5) is 5.69 Å². The van der Waals surface area contributed by atoms with Gasteiger partial charge in [0, 0.05) is 18.7 Å². The van der Waals surface area contributed by atoms with Crippen molar-refractivity contribution < 1.29 is 14.4 Å². The van der Waals surface area contributed by atoms with E-state index in [1.54, 1.807) is 12.1 Å². The summed E-state index contributed by atoms with van der Waals surface area (Å²) in [6.07, 6.45) is 0.842. The van der Waals surface area contributed by atoms with Crippen molar-refractivity contribution in [3.05, 3.63) is 28.3 Å². The number of nitrogens with zero attached hydrogens (tertiary/aromatic N) is 1. The van der Waals surface area contributed by atoms with Crippen LogP contribution < -0.4 is 14.8 Å². The maximum atomic E-state index is 10.9. The van der Waals surface area contributed by atoms with E-state index in [0.29, 0.717) is 12.3 Å². The van der Waals surface area contributed by atoms with Crippen molar-refractivity contribution in [2.45, 2.75) is 12.5 Å². The van der Waals surface area contributed by atoms with Crippen LogP contribution in [0.3, 0.4) is 0 Å². The first-order valence-corrected chi connectivity index (χ1v) is 5.40. The third-order valence-electron chi connectivity index (χ3n) is 2.67. The van der Waals surface area contributed by atoms with E-state index in [1.807, 2.05) is 0 Å². The highest BCUT2D eigenvalue weighted by Crippen LogP contribution is 2.32. The Hall–Kier alpha value is -1.82. The number of nitrogens with one attached hydrogen (secondary N) is 1. The van der Waals surface area contributed by atoms with Crippen molar-refractivity contribution in [2.75, 3.05) is 20.2 Å². The van der Waals surface area contributed by atoms with Gasteiger partial charge in [0.1, 0.15) is 11.9 Å². The van der Waals surface area contributed by atoms with Gasteiger partial charge in [-0.15, -0.1) is 0 Å². The topological polar surface area (TPSA) is 73.6 Å². The minimum absolute atomic E-state index is 0.0131. The molecule has 17 heavy (non-hydrogen) atoms. The smallest absolute Gasteiger partial charge is 0.311 e. The molecule has 6 nitrogen and oxygen atoms in total. The molecule has 2 rings (SSSR count). The molecule has 1 aliphatic heterocycles. The van der Waals surface area contributed by atoms with Crippen LogP contribution in [0, 0.1) is 10.1 Å². The Morgan fingerprint density at radius 3 is 2.94 bits per heavy atom. The molecular weight excluding hydrogens is 224 g/mol. The molecule has 1 aromatic carbocycles. The lowest BCUT2D eigenvalue weighted by atomic mass is 10.2. The Morgan fingerprint density at radius 2 is 2.35 bits per heavy atom. The second kappa shape index (κ2) is 5.01. The summed E-state index contributed by atoms with van der Waals surface area (Å²) in [5.41, 5.74) is -0.0299. The van der Waals surface area contributed by atoms with Gasteiger partial charge in [-0.3, -0.25) is 10.1 Å². The van der Waals surface area contributed by atoms with Gasteiger partial charge >= 0.3 is 5.69 Å². The molecule has 1 fully saturated rings. The fourth-order valence-corrected chi connectivity index (χ4v) is 1.77. The molecule has 1 aliphatic rings. The normalized spacial score (nSPS) is 19.0. The van der Waals surface area contributed by atoms with Crippen molar-refractivity contribution in [1.29, 1.82) is 0 Å². The maximum absolute atomic E-state index is 10.9. The Labute approximate surface area is 98.7 Å². The van der Waals surface area contributed by atoms with Gasteiger partial charge in [0.2, 0.25) is 5.75 Å². The summed E-state index contributed by atoms with van der Waals surface area (Å²) in [4.78, 5) is 10.4. The van der Waals surface area contributed by atoms with Gasteiger partial charge in [-0.05, 0) is 19.0 Å². The number of hydrogen-bond donors (Lipinski definition) is 1. The van der Waals surface area contributed by atoms with E-state index in [-0.39, 0.29) is 17.5 Å². The highest BCUT2D eigenvalue weighted by atomic mass is 16.6. The van der Waals surface area contributed by atoms with Gasteiger partial charge in [0.25, 0.3) is 0 Å². The van der Waals surface area contributed by atoms with E-state index in [2.05, 4.69) is 5.32 Å². The average molecular weight is 238 g/mol. The van der Waals surface area contributed by atoms with Crippen LogP contribution in [-0.2, 0) is 0 Å². The zero-order chi connectivity index (χ0) is 12.3. The molecule has 1 N–H and O–H groups in total. The SMILES string of the molecule is COc1ccc([N+](=O)[O-])c(O[C@H]2CCNC2)c1. The second-order valence-electron chi connectivity index (χ2n) is 3.82. The first kappa shape index (κ1) is 11.7. The summed E-state index contributed by atoms with van der Waals surface area (Å²) in [6.45, 7) is 1.59. The Balaban J connectivity index is 2.24. The lowest BCUT2D eigenvalue weighted by Crippen LogP contribution is -2.20. The maximum Gasteiger partial charge on any atom is 0.311 e. The molecule has 1 heterocycles. The van der Waals surface area contributed by atoms with Crippen LogP contribution >= 0.6 is 0 Å². The Kier molecular flexibility index (Phi) is 3.43. The zero-order valence-corrected chi connectivity index (χ0v) is 9.51. The number of nitro groups is 1. The van der Waals surface area contributed by atoms with Crippen molar-refractivity contribution in [2.24, 2.45) is 0 Å². The monoisotopic (exact) mass is 238 g/mol. The Morgan fingerprint density at radius 1 is 1.53 bits per heavy atom. The lowest BCUT2D eigenvalue weighted by molar-refractivity contribution is -0.386. The molecule has 0 aromatic heterocycles. The number of nitro benzene ring substituents is 1. The van der Waals surface area contributed by atoms with Gasteiger partial charge in [0.15, 0.2) is 0 Å². The molecule has 6 heteroatoms. The summed E-state index contributed by atoms with van der Waals surface area (Å²) in [5, 5.41) is 14.0. The van der Waals surface area contributed by atoms with E-state index in [0.717, 1.165) is 13.0 Å². The molecule has 1 atom stereocenters. The van der Waals surface area contributed by atoms with Crippen molar-refractivity contribution >= 4 is 5.69 Å². The lowest BCUT2D eigenvalue weighted by Gasteiger charge is -2.13. The minimum atomic E-state index is -0.447. The molecule has 0 aliphatic carbocycles. The van der Waals surface area contributed by atoms with Crippen molar-refractivity contribution in [3.8, 4) is 11.5 Å². The first-order valence-electron chi connectivity index (χ1n) is 5.40. The van der Waals surface area contributed by atoms with Gasteiger partial charge in [-0.1, -0.05) is 0 Å². The number of hydrogen-bond acceptors (Lipinski definition) is 5. The van der Waals surface area contributed by atoms with Gasteiger partial charge in [-0.2, -0.15) is 0 Å².